The van der Waals surface area contributed by atoms with Crippen LogP contribution in [-0.4, -0.2) is 0 Å². The maximum atomic E-state index is 12.0. The van der Waals surface area contributed by atoms with Crippen LogP contribution in [0.3, 0.4) is 0 Å². The van der Waals surface area contributed by atoms with Gasteiger partial charge in [0.15, 0.2) is 0 Å². The van der Waals surface area contributed by atoms with Crippen molar-refractivity contribution in [2.75, 3.05) is 5.73 Å². The van der Waals surface area contributed by atoms with Gasteiger partial charge in [-0.25, -0.2) is 4.57 Å². The zero-order valence-corrected chi connectivity index (χ0v) is 16.6. The average molecular weight is 363 g/mol. The van der Waals surface area contributed by atoms with Gasteiger partial charge in [0.25, 0.3) is 0 Å². The maximum Gasteiger partial charge on any atom is 1.00 e. The van der Waals surface area contributed by atoms with Crippen molar-refractivity contribution >= 4 is 13.5 Å². The molecule has 1 unspecified atom stereocenters. The monoisotopic (exact) mass is 363 g/mol. The van der Waals surface area contributed by atoms with E-state index in [0.717, 1.165) is 11.1 Å². The van der Waals surface area contributed by atoms with Crippen LogP contribution in [0.5, 0.6) is 11.5 Å². The van der Waals surface area contributed by atoms with Gasteiger partial charge in [0, 0.05) is 17.3 Å². The fraction of sp³-hybridized carbons (Fsp3) is 0. The van der Waals surface area contributed by atoms with E-state index in [1.807, 2.05) is 30.3 Å². The Morgan fingerprint density at radius 1 is 0.800 bits per heavy atom. The summed E-state index contributed by atoms with van der Waals surface area (Å²) in [7, 11) is -4.55. The van der Waals surface area contributed by atoms with Crippen LogP contribution in [0.2, 0.25) is 0 Å². The van der Waals surface area contributed by atoms with E-state index in [0.29, 0.717) is 5.69 Å². The SMILES string of the molecule is Nc1cc(OP(=O)([O-])Oc2ccccc2)ccc1-c1ccccc1.[Na+]. The number of para-hydroxylation sites is 1. The topological polar surface area (TPSA) is 84.6 Å². The number of anilines is 1. The first-order valence-electron chi connectivity index (χ1n) is 7.24. The van der Waals surface area contributed by atoms with Gasteiger partial charge in [0.2, 0.25) is 0 Å². The fourth-order valence-electron chi connectivity index (χ4n) is 2.24. The van der Waals surface area contributed by atoms with Gasteiger partial charge >= 0.3 is 37.4 Å². The Labute approximate surface area is 168 Å². The van der Waals surface area contributed by atoms with E-state index in [1.165, 1.54) is 24.3 Å². The van der Waals surface area contributed by atoms with Gasteiger partial charge in [-0.3, -0.25) is 0 Å². The van der Waals surface area contributed by atoms with Crippen LogP contribution in [-0.2, 0) is 4.57 Å². The van der Waals surface area contributed by atoms with Crippen LogP contribution in [0.25, 0.3) is 11.1 Å². The van der Waals surface area contributed by atoms with Gasteiger partial charge < -0.3 is 19.7 Å². The van der Waals surface area contributed by atoms with Crippen molar-refractivity contribution in [3.8, 4) is 22.6 Å². The molecule has 1 atom stereocenters. The first kappa shape index (κ1) is 19.6. The molecule has 0 aliphatic rings. The van der Waals surface area contributed by atoms with Crippen molar-refractivity contribution in [1.29, 1.82) is 0 Å². The Morgan fingerprint density at radius 2 is 1.36 bits per heavy atom. The van der Waals surface area contributed by atoms with Gasteiger partial charge in [0.1, 0.15) is 11.5 Å². The molecular weight excluding hydrogens is 348 g/mol. The van der Waals surface area contributed by atoms with Gasteiger partial charge in [-0.1, -0.05) is 48.5 Å². The van der Waals surface area contributed by atoms with E-state index >= 15 is 0 Å². The Hall–Kier alpha value is -1.75. The summed E-state index contributed by atoms with van der Waals surface area (Å²) in [6.07, 6.45) is 0. The molecule has 2 N–H and O–H groups in total. The number of hydrogen-bond acceptors (Lipinski definition) is 5. The minimum absolute atomic E-state index is 0. The van der Waals surface area contributed by atoms with E-state index in [4.69, 9.17) is 14.8 Å². The molecule has 5 nitrogen and oxygen atoms in total. The van der Waals surface area contributed by atoms with Gasteiger partial charge in [0.05, 0.1) is 0 Å². The summed E-state index contributed by atoms with van der Waals surface area (Å²) in [4.78, 5) is 12.0. The second-order valence-corrected chi connectivity index (χ2v) is 6.32. The summed E-state index contributed by atoms with van der Waals surface area (Å²) in [5.41, 5.74) is 8.16. The third kappa shape index (κ3) is 5.36. The van der Waals surface area contributed by atoms with Crippen LogP contribution in [0, 0.1) is 0 Å². The van der Waals surface area contributed by atoms with Crippen LogP contribution >= 0.6 is 7.82 Å². The number of hydrogen-bond donors (Lipinski definition) is 1. The molecule has 0 amide bonds. The molecule has 0 aromatic heterocycles. The minimum Gasteiger partial charge on any atom is -0.736 e. The fourth-order valence-corrected chi connectivity index (χ4v) is 3.03. The quantitative estimate of drug-likeness (QED) is 0.413. The molecule has 0 spiro atoms. The molecule has 0 saturated heterocycles. The molecule has 0 heterocycles. The number of rotatable bonds is 5. The normalized spacial score (nSPS) is 12.5. The molecule has 3 rings (SSSR count). The van der Waals surface area contributed by atoms with E-state index in [-0.39, 0.29) is 41.1 Å². The van der Waals surface area contributed by atoms with Gasteiger partial charge in [-0.15, -0.1) is 0 Å². The minimum atomic E-state index is -4.55. The molecule has 0 fully saturated rings. The van der Waals surface area contributed by atoms with Crippen LogP contribution in [0.1, 0.15) is 0 Å². The van der Waals surface area contributed by atoms with Crippen molar-refractivity contribution in [2.24, 2.45) is 0 Å². The first-order valence-corrected chi connectivity index (χ1v) is 8.70. The smallest absolute Gasteiger partial charge is 0.736 e. The van der Waals surface area contributed by atoms with Gasteiger partial charge in [-0.2, -0.15) is 0 Å². The summed E-state index contributed by atoms with van der Waals surface area (Å²) in [6.45, 7) is 0. The summed E-state index contributed by atoms with van der Waals surface area (Å²) in [5.74, 6) is 0.283. The van der Waals surface area contributed by atoms with Crippen molar-refractivity contribution in [2.45, 2.75) is 0 Å². The first-order chi connectivity index (χ1) is 11.5. The number of phosphoric ester groups is 1. The van der Waals surface area contributed by atoms with E-state index in [1.54, 1.807) is 24.3 Å². The van der Waals surface area contributed by atoms with Crippen molar-refractivity contribution < 1.29 is 48.1 Å². The predicted molar refractivity (Wildman–Crippen MR) is 91.6 cm³/mol. The predicted octanol–water partition coefficient (Wildman–Crippen LogP) is 0.866. The Balaban J connectivity index is 0.00000225. The number of benzene rings is 3. The van der Waals surface area contributed by atoms with Crippen LogP contribution in [0.15, 0.2) is 78.9 Å². The second kappa shape index (κ2) is 8.56. The van der Waals surface area contributed by atoms with Crippen LogP contribution < -0.4 is 49.2 Å². The van der Waals surface area contributed by atoms with Crippen LogP contribution in [0.4, 0.5) is 5.69 Å². The molecule has 0 bridgehead atoms. The zero-order valence-electron chi connectivity index (χ0n) is 13.7. The number of nitrogens with two attached hydrogens (primary N) is 1. The second-order valence-electron chi connectivity index (χ2n) is 5.06. The standard InChI is InChI=1S/C18H16NO4P.Na/c19-18-13-16(11-12-17(18)14-7-3-1-4-8-14)23-24(20,21)22-15-9-5-2-6-10-15;/h1-13H,19H2,(H,20,21);/q;+1/p-1. The van der Waals surface area contributed by atoms with Crippen molar-refractivity contribution in [3.05, 3.63) is 78.9 Å². The third-order valence-electron chi connectivity index (χ3n) is 3.29. The molecule has 0 saturated carbocycles. The molecule has 0 radical (unpaired) electrons. The molecular formula is C18H15NNaO4P. The molecule has 122 valence electrons. The summed E-state index contributed by atoms with van der Waals surface area (Å²) < 4.78 is 21.9. The Bertz CT molecular complexity index is 875. The van der Waals surface area contributed by atoms with Gasteiger partial charge in [-0.05, 0) is 29.8 Å². The Morgan fingerprint density at radius 3 is 1.96 bits per heavy atom. The maximum absolute atomic E-state index is 12.0. The summed E-state index contributed by atoms with van der Waals surface area (Å²) >= 11 is 0. The average Bonchev–Trinajstić information content (AvgIpc) is 2.56. The molecule has 7 heteroatoms. The number of nitrogen functional groups attached to an aromatic ring is 1. The summed E-state index contributed by atoms with van der Waals surface area (Å²) in [6, 6.07) is 22.4. The largest absolute Gasteiger partial charge is 1.00 e. The van der Waals surface area contributed by atoms with E-state index in [2.05, 4.69) is 0 Å². The summed E-state index contributed by atoms with van der Waals surface area (Å²) in [5, 5.41) is 0. The molecule has 3 aromatic rings. The van der Waals surface area contributed by atoms with E-state index < -0.39 is 7.82 Å². The zero-order chi connectivity index (χ0) is 17.0. The molecule has 0 aliphatic heterocycles. The molecule has 25 heavy (non-hydrogen) atoms. The third-order valence-corrected chi connectivity index (χ3v) is 4.15. The number of phosphoric acid groups is 1. The van der Waals surface area contributed by atoms with Crippen molar-refractivity contribution in [1.82, 2.24) is 0 Å². The van der Waals surface area contributed by atoms with E-state index in [9.17, 15) is 9.46 Å². The molecule has 3 aromatic carbocycles. The Kier molecular flexibility index (Phi) is 6.71. The molecule has 0 aliphatic carbocycles. The van der Waals surface area contributed by atoms with Crippen molar-refractivity contribution in [3.63, 3.8) is 0 Å².